The van der Waals surface area contributed by atoms with Crippen LogP contribution in [0.2, 0.25) is 0 Å². The van der Waals surface area contributed by atoms with E-state index in [1.165, 1.54) is 15.6 Å². The van der Waals surface area contributed by atoms with Crippen molar-refractivity contribution in [1.82, 2.24) is 19.9 Å². The van der Waals surface area contributed by atoms with Gasteiger partial charge >= 0.3 is 0 Å². The number of halogens is 1. The first kappa shape index (κ1) is 26.1. The Morgan fingerprint density at radius 2 is 1.85 bits per heavy atom. The lowest BCUT2D eigenvalue weighted by atomic mass is 9.85. The van der Waals surface area contributed by atoms with Crippen LogP contribution in [0.3, 0.4) is 0 Å². The van der Waals surface area contributed by atoms with Crippen molar-refractivity contribution in [1.29, 1.82) is 0 Å². The Hall–Kier alpha value is -4.53. The summed E-state index contributed by atoms with van der Waals surface area (Å²) in [6.45, 7) is -0.192. The zero-order valence-electron chi connectivity index (χ0n) is 21.7. The zero-order chi connectivity index (χ0) is 27.2. The molecule has 1 heterocycles. The number of allylic oxidation sites excluding steroid dienone is 2. The predicted molar refractivity (Wildman–Crippen MR) is 146 cm³/mol. The van der Waals surface area contributed by atoms with Gasteiger partial charge in [0.2, 0.25) is 11.8 Å². The monoisotopic (exact) mass is 527 g/mol. The topological polar surface area (TPSA) is 89.4 Å². The molecule has 4 aromatic rings. The van der Waals surface area contributed by atoms with E-state index in [2.05, 4.69) is 21.7 Å². The summed E-state index contributed by atoms with van der Waals surface area (Å²) in [7, 11) is 1.57. The Balaban J connectivity index is 1.50. The van der Waals surface area contributed by atoms with Gasteiger partial charge < -0.3 is 15.0 Å². The molecule has 9 heteroatoms. The normalized spacial score (nSPS) is 15.6. The number of hydrogen-bond donors (Lipinski definition) is 1. The Bertz CT molecular complexity index is 1480. The molecule has 0 aliphatic heterocycles. The smallest absolute Gasteiger partial charge is 0.247 e. The number of fused-ring (bicyclic) bond motifs is 1. The maximum atomic E-state index is 14.8. The number of carbonyl (C=O) groups is 2. The summed E-state index contributed by atoms with van der Waals surface area (Å²) in [6.07, 6.45) is 6.28. The summed E-state index contributed by atoms with van der Waals surface area (Å²) < 4.78 is 21.6. The highest BCUT2D eigenvalue weighted by molar-refractivity contribution is 5.97. The van der Waals surface area contributed by atoms with E-state index in [9.17, 15) is 14.0 Å². The molecule has 8 nitrogen and oxygen atoms in total. The van der Waals surface area contributed by atoms with Crippen LogP contribution < -0.4 is 10.1 Å². The lowest BCUT2D eigenvalue weighted by Gasteiger charge is -2.37. The van der Waals surface area contributed by atoms with Gasteiger partial charge in [-0.25, -0.2) is 9.07 Å². The van der Waals surface area contributed by atoms with Gasteiger partial charge in [-0.15, -0.1) is 5.10 Å². The summed E-state index contributed by atoms with van der Waals surface area (Å²) in [6, 6.07) is 19.9. The van der Waals surface area contributed by atoms with E-state index in [-0.39, 0.29) is 30.8 Å². The molecule has 0 fully saturated rings. The molecule has 1 N–H and O–H groups in total. The molecule has 2 atom stereocenters. The number of methoxy groups -OCH3 is 1. The average Bonchev–Trinajstić information content (AvgIpc) is 3.37. The minimum atomic E-state index is -0.834. The van der Waals surface area contributed by atoms with Crippen molar-refractivity contribution in [3.8, 4) is 5.75 Å². The maximum absolute atomic E-state index is 14.8. The predicted octanol–water partition coefficient (Wildman–Crippen LogP) is 4.97. The minimum absolute atomic E-state index is 0.0565. The first-order chi connectivity index (χ1) is 19.0. The van der Waals surface area contributed by atoms with E-state index >= 15 is 0 Å². The fourth-order valence-electron chi connectivity index (χ4n) is 5.01. The van der Waals surface area contributed by atoms with Crippen LogP contribution in [-0.2, 0) is 22.7 Å². The van der Waals surface area contributed by atoms with Gasteiger partial charge in [0.1, 0.15) is 29.7 Å². The van der Waals surface area contributed by atoms with Crippen molar-refractivity contribution in [2.45, 2.75) is 38.4 Å². The molecule has 0 saturated carbocycles. The molecule has 1 aromatic heterocycles. The van der Waals surface area contributed by atoms with Crippen LogP contribution in [0, 0.1) is 11.7 Å². The molecule has 0 bridgehead atoms. The van der Waals surface area contributed by atoms with Gasteiger partial charge in [-0.3, -0.25) is 9.59 Å². The number of aromatic nitrogens is 3. The van der Waals surface area contributed by atoms with E-state index in [1.807, 2.05) is 30.3 Å². The second kappa shape index (κ2) is 11.9. The van der Waals surface area contributed by atoms with E-state index in [0.717, 1.165) is 12.8 Å². The van der Waals surface area contributed by atoms with Crippen LogP contribution >= 0.6 is 0 Å². The first-order valence-corrected chi connectivity index (χ1v) is 12.9. The largest absolute Gasteiger partial charge is 0.497 e. The average molecular weight is 528 g/mol. The highest BCUT2D eigenvalue weighted by Crippen LogP contribution is 2.29. The SMILES string of the molecule is COc1ccc(NC(=O)C(C2CC=CCC2)N(Cc2ccccc2F)C(=O)Cn2nnc3ccccc32)cc1. The van der Waals surface area contributed by atoms with Crippen LogP contribution in [0.4, 0.5) is 10.1 Å². The number of rotatable bonds is 9. The van der Waals surface area contributed by atoms with Crippen molar-refractivity contribution in [2.24, 2.45) is 5.92 Å². The molecule has 2 amide bonds. The van der Waals surface area contributed by atoms with Crippen molar-refractivity contribution in [2.75, 3.05) is 12.4 Å². The fraction of sp³-hybridized carbons (Fsp3) is 0.267. The van der Waals surface area contributed by atoms with E-state index in [0.29, 0.717) is 34.5 Å². The van der Waals surface area contributed by atoms with Crippen molar-refractivity contribution in [3.05, 3.63) is 96.3 Å². The Morgan fingerprint density at radius 3 is 2.59 bits per heavy atom. The third-order valence-electron chi connectivity index (χ3n) is 7.04. The van der Waals surface area contributed by atoms with Gasteiger partial charge in [-0.1, -0.05) is 47.7 Å². The lowest BCUT2D eigenvalue weighted by Crippen LogP contribution is -2.52. The standard InChI is InChI=1S/C30H30FN5O3/c1-39-24-17-15-23(16-18-24)32-30(38)29(21-9-3-2-4-10-21)35(19-22-11-5-6-12-25(22)31)28(37)20-36-27-14-8-7-13-26(27)33-34-36/h2-3,5-8,11-18,21,29H,4,9-10,19-20H2,1H3,(H,32,38). The summed E-state index contributed by atoms with van der Waals surface area (Å²) in [4.78, 5) is 29.4. The number of para-hydroxylation sites is 1. The molecule has 1 aliphatic rings. The number of anilines is 1. The molecule has 200 valence electrons. The third kappa shape index (κ3) is 5.98. The Kier molecular flexibility index (Phi) is 7.96. The first-order valence-electron chi connectivity index (χ1n) is 12.9. The third-order valence-corrected chi connectivity index (χ3v) is 7.04. The number of benzene rings is 3. The lowest BCUT2D eigenvalue weighted by molar-refractivity contribution is -0.142. The number of amides is 2. The van der Waals surface area contributed by atoms with Crippen LogP contribution in [0.15, 0.2) is 84.9 Å². The second-order valence-corrected chi connectivity index (χ2v) is 9.56. The van der Waals surface area contributed by atoms with Crippen molar-refractivity contribution in [3.63, 3.8) is 0 Å². The summed E-state index contributed by atoms with van der Waals surface area (Å²) in [5.41, 5.74) is 2.29. The van der Waals surface area contributed by atoms with Gasteiger partial charge in [-0.2, -0.15) is 0 Å². The van der Waals surface area contributed by atoms with Gasteiger partial charge in [-0.05, 0) is 67.6 Å². The Morgan fingerprint density at radius 1 is 1.08 bits per heavy atom. The van der Waals surface area contributed by atoms with Crippen LogP contribution in [-0.4, -0.2) is 44.9 Å². The molecular formula is C30H30FN5O3. The zero-order valence-corrected chi connectivity index (χ0v) is 21.7. The second-order valence-electron chi connectivity index (χ2n) is 9.56. The molecule has 2 unspecified atom stereocenters. The molecule has 5 rings (SSSR count). The van der Waals surface area contributed by atoms with Crippen molar-refractivity contribution < 1.29 is 18.7 Å². The van der Waals surface area contributed by atoms with E-state index in [4.69, 9.17) is 4.74 Å². The maximum Gasteiger partial charge on any atom is 0.247 e. The Labute approximate surface area is 226 Å². The molecule has 39 heavy (non-hydrogen) atoms. The number of nitrogens with zero attached hydrogens (tertiary/aromatic N) is 4. The summed E-state index contributed by atoms with van der Waals surface area (Å²) in [5.74, 6) is -0.582. The van der Waals surface area contributed by atoms with Crippen LogP contribution in [0.1, 0.15) is 24.8 Å². The highest BCUT2D eigenvalue weighted by atomic mass is 19.1. The van der Waals surface area contributed by atoms with Gasteiger partial charge in [0, 0.05) is 17.8 Å². The van der Waals surface area contributed by atoms with Crippen LogP contribution in [0.25, 0.3) is 11.0 Å². The minimum Gasteiger partial charge on any atom is -0.497 e. The van der Waals surface area contributed by atoms with Crippen LogP contribution in [0.5, 0.6) is 5.75 Å². The van der Waals surface area contributed by atoms with E-state index in [1.54, 1.807) is 49.6 Å². The number of carbonyl (C=O) groups excluding carboxylic acids is 2. The fourth-order valence-corrected chi connectivity index (χ4v) is 5.01. The molecule has 0 spiro atoms. The van der Waals surface area contributed by atoms with Gasteiger partial charge in [0.25, 0.3) is 0 Å². The summed E-state index contributed by atoms with van der Waals surface area (Å²) >= 11 is 0. The molecule has 3 aromatic carbocycles. The quantitative estimate of drug-likeness (QED) is 0.311. The van der Waals surface area contributed by atoms with E-state index < -0.39 is 11.9 Å². The number of nitrogens with one attached hydrogen (secondary N) is 1. The van der Waals surface area contributed by atoms with Gasteiger partial charge in [0.05, 0.1) is 12.6 Å². The molecule has 0 radical (unpaired) electrons. The van der Waals surface area contributed by atoms with Gasteiger partial charge in [0.15, 0.2) is 0 Å². The van der Waals surface area contributed by atoms with Crippen molar-refractivity contribution >= 4 is 28.5 Å². The molecule has 1 aliphatic carbocycles. The highest BCUT2D eigenvalue weighted by Gasteiger charge is 2.37. The summed E-state index contributed by atoms with van der Waals surface area (Å²) in [5, 5.41) is 11.3. The number of hydrogen-bond acceptors (Lipinski definition) is 5. The number of ether oxygens (including phenoxy) is 1. The molecule has 0 saturated heterocycles. The molecular weight excluding hydrogens is 497 g/mol.